The number of hydrogen-bond donors (Lipinski definition) is 0. The zero-order valence-electron chi connectivity index (χ0n) is 10.8. The van der Waals surface area contributed by atoms with Crippen LogP contribution in [-0.2, 0) is 6.54 Å². The Labute approximate surface area is 131 Å². The molecule has 0 aliphatic heterocycles. The zero-order chi connectivity index (χ0) is 14.1. The number of fused-ring (bicyclic) bond motifs is 1. The van der Waals surface area contributed by atoms with E-state index in [1.807, 2.05) is 29.1 Å². The summed E-state index contributed by atoms with van der Waals surface area (Å²) in [7, 11) is 0. The summed E-state index contributed by atoms with van der Waals surface area (Å²) < 4.78 is 1.97. The van der Waals surface area contributed by atoms with Crippen LogP contribution in [-0.4, -0.2) is 16.0 Å². The minimum absolute atomic E-state index is 0.574. The monoisotopic (exact) mass is 322 g/mol. The van der Waals surface area contributed by atoms with Crippen molar-refractivity contribution < 1.29 is 0 Å². The van der Waals surface area contributed by atoms with E-state index in [0.717, 1.165) is 16.5 Å². The molecule has 1 heterocycles. The van der Waals surface area contributed by atoms with Crippen LogP contribution < -0.4 is 0 Å². The molecule has 0 saturated heterocycles. The first kappa shape index (κ1) is 13.8. The summed E-state index contributed by atoms with van der Waals surface area (Å²) in [5.74, 6) is 0. The molecule has 0 N–H and O–H groups in total. The third-order valence-electron chi connectivity index (χ3n) is 3.17. The molecular weight excluding hydrogens is 311 g/mol. The van der Waals surface area contributed by atoms with Crippen molar-refractivity contribution in [2.75, 3.05) is 6.26 Å². The van der Waals surface area contributed by atoms with Gasteiger partial charge in [0.1, 0.15) is 0 Å². The third kappa shape index (κ3) is 2.66. The Kier molecular flexibility index (Phi) is 3.92. The highest BCUT2D eigenvalue weighted by Gasteiger charge is 2.06. The largest absolute Gasteiger partial charge is 0.260 e. The van der Waals surface area contributed by atoms with Crippen molar-refractivity contribution in [1.29, 1.82) is 0 Å². The van der Waals surface area contributed by atoms with Crippen molar-refractivity contribution >= 4 is 45.9 Å². The number of rotatable bonds is 3. The van der Waals surface area contributed by atoms with E-state index in [0.29, 0.717) is 16.6 Å². The van der Waals surface area contributed by atoms with Crippen LogP contribution in [0.15, 0.2) is 47.5 Å². The molecule has 20 heavy (non-hydrogen) atoms. The highest BCUT2D eigenvalue weighted by atomic mass is 35.5. The number of thioether (sulfide) groups is 1. The quantitative estimate of drug-likeness (QED) is 0.623. The minimum atomic E-state index is 0.574. The lowest BCUT2D eigenvalue weighted by Crippen LogP contribution is -2.01. The summed E-state index contributed by atoms with van der Waals surface area (Å²) in [6, 6.07) is 12.0. The van der Waals surface area contributed by atoms with Gasteiger partial charge in [0.2, 0.25) is 0 Å². The second kappa shape index (κ2) is 5.68. The SMILES string of the molecule is CSc1ccc2c(cnn2Cc2ccc(Cl)c(Cl)c2)c1. The van der Waals surface area contributed by atoms with Crippen molar-refractivity contribution in [1.82, 2.24) is 9.78 Å². The molecular formula is C15H12Cl2N2S. The highest BCUT2D eigenvalue weighted by molar-refractivity contribution is 7.98. The first-order chi connectivity index (χ1) is 9.67. The van der Waals surface area contributed by atoms with Crippen LogP contribution >= 0.6 is 35.0 Å². The fraction of sp³-hybridized carbons (Fsp3) is 0.133. The third-order valence-corrected chi connectivity index (χ3v) is 4.63. The lowest BCUT2D eigenvalue weighted by atomic mass is 10.2. The maximum atomic E-state index is 6.05. The molecule has 5 heteroatoms. The van der Waals surface area contributed by atoms with Gasteiger partial charge >= 0.3 is 0 Å². The summed E-state index contributed by atoms with van der Waals surface area (Å²) in [6.45, 7) is 0.680. The van der Waals surface area contributed by atoms with E-state index in [4.69, 9.17) is 23.2 Å². The summed E-state index contributed by atoms with van der Waals surface area (Å²) >= 11 is 13.7. The Bertz CT molecular complexity index is 768. The first-order valence-electron chi connectivity index (χ1n) is 6.11. The van der Waals surface area contributed by atoms with Gasteiger partial charge in [-0.2, -0.15) is 5.10 Å². The molecule has 0 aliphatic carbocycles. The predicted octanol–water partition coefficient (Wildman–Crippen LogP) is 5.11. The Morgan fingerprint density at radius 3 is 2.70 bits per heavy atom. The molecule has 0 aliphatic rings. The summed E-state index contributed by atoms with van der Waals surface area (Å²) in [5.41, 5.74) is 2.20. The van der Waals surface area contributed by atoms with Crippen LogP contribution in [0, 0.1) is 0 Å². The maximum absolute atomic E-state index is 6.05. The maximum Gasteiger partial charge on any atom is 0.0687 e. The summed E-state index contributed by atoms with van der Waals surface area (Å²) in [5, 5.41) is 6.75. The lowest BCUT2D eigenvalue weighted by molar-refractivity contribution is 0.712. The van der Waals surface area contributed by atoms with E-state index in [1.54, 1.807) is 11.8 Å². The predicted molar refractivity (Wildman–Crippen MR) is 87.1 cm³/mol. The van der Waals surface area contributed by atoms with Crippen molar-refractivity contribution in [2.24, 2.45) is 0 Å². The standard InChI is InChI=1S/C15H12Cl2N2S/c1-20-12-3-5-15-11(7-12)8-18-19(15)9-10-2-4-13(16)14(17)6-10/h2-8H,9H2,1H3. The number of aromatic nitrogens is 2. The molecule has 0 fully saturated rings. The Hall–Kier alpha value is -1.16. The van der Waals surface area contributed by atoms with Crippen molar-refractivity contribution in [3.8, 4) is 0 Å². The molecule has 0 radical (unpaired) electrons. The molecule has 0 atom stereocenters. The molecule has 0 saturated carbocycles. The average Bonchev–Trinajstić information content (AvgIpc) is 2.85. The molecule has 0 unspecified atom stereocenters. The second-order valence-corrected chi connectivity index (χ2v) is 6.17. The van der Waals surface area contributed by atoms with E-state index in [-0.39, 0.29) is 0 Å². The molecule has 102 valence electrons. The molecule has 3 aromatic rings. The Morgan fingerprint density at radius 2 is 1.95 bits per heavy atom. The van der Waals surface area contributed by atoms with Gasteiger partial charge in [-0.25, -0.2) is 0 Å². The number of hydrogen-bond acceptors (Lipinski definition) is 2. The van der Waals surface area contributed by atoms with E-state index in [1.165, 1.54) is 4.90 Å². The van der Waals surface area contributed by atoms with E-state index in [9.17, 15) is 0 Å². The van der Waals surface area contributed by atoms with Gasteiger partial charge < -0.3 is 0 Å². The van der Waals surface area contributed by atoms with Crippen LogP contribution in [0.25, 0.3) is 10.9 Å². The Morgan fingerprint density at radius 1 is 1.10 bits per heavy atom. The van der Waals surface area contributed by atoms with Crippen molar-refractivity contribution in [3.05, 3.63) is 58.2 Å². The van der Waals surface area contributed by atoms with Gasteiger partial charge in [-0.1, -0.05) is 29.3 Å². The minimum Gasteiger partial charge on any atom is -0.260 e. The molecule has 2 nitrogen and oxygen atoms in total. The fourth-order valence-corrected chi connectivity index (χ4v) is 2.90. The Balaban J connectivity index is 1.96. The van der Waals surface area contributed by atoms with E-state index < -0.39 is 0 Å². The summed E-state index contributed by atoms with van der Waals surface area (Å²) in [6.07, 6.45) is 3.97. The molecule has 0 bridgehead atoms. The van der Waals surface area contributed by atoms with Gasteiger partial charge in [0, 0.05) is 10.3 Å². The van der Waals surface area contributed by atoms with Crippen LogP contribution in [0.3, 0.4) is 0 Å². The van der Waals surface area contributed by atoms with Crippen LogP contribution in [0.5, 0.6) is 0 Å². The van der Waals surface area contributed by atoms with Gasteiger partial charge in [-0.15, -0.1) is 11.8 Å². The highest BCUT2D eigenvalue weighted by Crippen LogP contribution is 2.25. The lowest BCUT2D eigenvalue weighted by Gasteiger charge is -2.06. The molecule has 1 aromatic heterocycles. The smallest absolute Gasteiger partial charge is 0.0687 e. The van der Waals surface area contributed by atoms with Gasteiger partial charge in [0.25, 0.3) is 0 Å². The molecule has 0 amide bonds. The van der Waals surface area contributed by atoms with Crippen molar-refractivity contribution in [2.45, 2.75) is 11.4 Å². The van der Waals surface area contributed by atoms with Gasteiger partial charge in [0.05, 0.1) is 28.3 Å². The van der Waals surface area contributed by atoms with E-state index in [2.05, 4.69) is 29.6 Å². The topological polar surface area (TPSA) is 17.8 Å². The first-order valence-corrected chi connectivity index (χ1v) is 8.09. The van der Waals surface area contributed by atoms with E-state index >= 15 is 0 Å². The van der Waals surface area contributed by atoms with Gasteiger partial charge in [0.15, 0.2) is 0 Å². The van der Waals surface area contributed by atoms with Crippen LogP contribution in [0.2, 0.25) is 10.0 Å². The number of benzene rings is 2. The van der Waals surface area contributed by atoms with Crippen molar-refractivity contribution in [3.63, 3.8) is 0 Å². The molecule has 0 spiro atoms. The van der Waals surface area contributed by atoms with Crippen LogP contribution in [0.1, 0.15) is 5.56 Å². The zero-order valence-corrected chi connectivity index (χ0v) is 13.1. The van der Waals surface area contributed by atoms with Gasteiger partial charge in [-0.3, -0.25) is 4.68 Å². The molecule has 3 rings (SSSR count). The van der Waals surface area contributed by atoms with Gasteiger partial charge in [-0.05, 0) is 42.2 Å². The normalized spacial score (nSPS) is 11.2. The molecule has 2 aromatic carbocycles. The number of halogens is 2. The van der Waals surface area contributed by atoms with Crippen LogP contribution in [0.4, 0.5) is 0 Å². The number of nitrogens with zero attached hydrogens (tertiary/aromatic N) is 2. The summed E-state index contributed by atoms with van der Waals surface area (Å²) in [4.78, 5) is 1.24. The fourth-order valence-electron chi connectivity index (χ4n) is 2.13. The second-order valence-electron chi connectivity index (χ2n) is 4.48. The average molecular weight is 323 g/mol.